The van der Waals surface area contributed by atoms with Gasteiger partial charge in [-0.3, -0.25) is 4.90 Å². The molecule has 0 spiro atoms. The maximum atomic E-state index is 2.82. The fraction of sp³-hybridized carbons (Fsp3) is 1.00. The van der Waals surface area contributed by atoms with Gasteiger partial charge in [0, 0.05) is 17.0 Å². The van der Waals surface area contributed by atoms with Crippen molar-refractivity contribution in [2.45, 2.75) is 48.9 Å². The van der Waals surface area contributed by atoms with E-state index in [0.717, 1.165) is 0 Å². The molecule has 3 heterocycles. The summed E-state index contributed by atoms with van der Waals surface area (Å²) in [6, 6.07) is 0. The van der Waals surface area contributed by atoms with Crippen molar-refractivity contribution < 1.29 is 0 Å². The predicted molar refractivity (Wildman–Crippen MR) is 61.2 cm³/mol. The quantitative estimate of drug-likeness (QED) is 0.612. The molecule has 3 heteroatoms. The lowest BCUT2D eigenvalue weighted by molar-refractivity contribution is 0.0981. The Balaban J connectivity index is 2.10. The van der Waals surface area contributed by atoms with E-state index in [1.54, 1.807) is 0 Å². The first-order valence-electron chi connectivity index (χ1n) is 5.07. The van der Waals surface area contributed by atoms with Crippen LogP contribution in [0.5, 0.6) is 0 Å². The van der Waals surface area contributed by atoms with Crippen LogP contribution in [0.1, 0.15) is 33.6 Å². The first kappa shape index (κ1) is 8.93. The molecule has 3 aliphatic rings. The van der Waals surface area contributed by atoms with Crippen molar-refractivity contribution in [1.29, 1.82) is 0 Å². The summed E-state index contributed by atoms with van der Waals surface area (Å²) in [5.74, 6) is 2.68. The zero-order valence-electron chi connectivity index (χ0n) is 8.59. The van der Waals surface area contributed by atoms with Crippen molar-refractivity contribution in [3.63, 3.8) is 0 Å². The Labute approximate surface area is 89.0 Å². The lowest BCUT2D eigenvalue weighted by Gasteiger charge is -2.38. The van der Waals surface area contributed by atoms with E-state index >= 15 is 0 Å². The molecule has 0 N–H and O–H groups in total. The van der Waals surface area contributed by atoms with Crippen molar-refractivity contribution in [2.75, 3.05) is 11.5 Å². The second kappa shape index (κ2) is 2.25. The number of hydrogen-bond acceptors (Lipinski definition) is 3. The molecule has 2 unspecified atom stereocenters. The van der Waals surface area contributed by atoms with Crippen LogP contribution in [0.3, 0.4) is 0 Å². The minimum absolute atomic E-state index is 0.465. The minimum atomic E-state index is 0.465. The Morgan fingerprint density at radius 1 is 0.923 bits per heavy atom. The largest absolute Gasteiger partial charge is 0.267 e. The van der Waals surface area contributed by atoms with Crippen LogP contribution in [0.4, 0.5) is 0 Å². The SMILES string of the molecule is CC12CSC3(C)CCC(C)(SC1)N23. The Kier molecular flexibility index (Phi) is 1.54. The van der Waals surface area contributed by atoms with Gasteiger partial charge in [0.2, 0.25) is 0 Å². The lowest BCUT2D eigenvalue weighted by atomic mass is 10.0. The average Bonchev–Trinajstić information content (AvgIpc) is 2.58. The molecule has 0 amide bonds. The van der Waals surface area contributed by atoms with Gasteiger partial charge >= 0.3 is 0 Å². The highest BCUT2D eigenvalue weighted by Crippen LogP contribution is 2.65. The summed E-state index contributed by atoms with van der Waals surface area (Å²) in [4.78, 5) is 3.75. The van der Waals surface area contributed by atoms with E-state index in [2.05, 4.69) is 49.2 Å². The second-order valence-electron chi connectivity index (χ2n) is 5.26. The van der Waals surface area contributed by atoms with Gasteiger partial charge in [-0.15, -0.1) is 23.5 Å². The van der Waals surface area contributed by atoms with Gasteiger partial charge in [-0.05, 0) is 33.6 Å². The van der Waals surface area contributed by atoms with E-state index in [0.29, 0.717) is 15.3 Å². The Hall–Kier alpha value is 0.660. The van der Waals surface area contributed by atoms with Gasteiger partial charge in [-0.2, -0.15) is 0 Å². The molecule has 3 fully saturated rings. The molecule has 3 saturated heterocycles. The highest BCUT2D eigenvalue weighted by atomic mass is 32.2. The first-order chi connectivity index (χ1) is 5.99. The van der Waals surface area contributed by atoms with E-state index < -0.39 is 0 Å². The molecule has 0 aliphatic carbocycles. The van der Waals surface area contributed by atoms with Gasteiger partial charge in [0.25, 0.3) is 0 Å². The average molecular weight is 215 g/mol. The fourth-order valence-electron chi connectivity index (χ4n) is 3.40. The summed E-state index contributed by atoms with van der Waals surface area (Å²) in [6.07, 6.45) is 2.77. The third-order valence-electron chi connectivity index (χ3n) is 3.93. The molecule has 3 rings (SSSR count). The van der Waals surface area contributed by atoms with Gasteiger partial charge in [-0.1, -0.05) is 0 Å². The predicted octanol–water partition coefficient (Wildman–Crippen LogP) is 2.77. The molecule has 0 saturated carbocycles. The van der Waals surface area contributed by atoms with E-state index in [1.807, 2.05) is 0 Å². The van der Waals surface area contributed by atoms with Crippen molar-refractivity contribution >= 4 is 23.5 Å². The van der Waals surface area contributed by atoms with Crippen molar-refractivity contribution in [3.05, 3.63) is 0 Å². The number of nitrogens with zero attached hydrogens (tertiary/aromatic N) is 1. The molecule has 74 valence electrons. The first-order valence-corrected chi connectivity index (χ1v) is 7.04. The fourth-order valence-corrected chi connectivity index (χ4v) is 6.88. The summed E-state index contributed by atoms with van der Waals surface area (Å²) >= 11 is 4.38. The molecule has 0 aromatic rings. The molecule has 0 bridgehead atoms. The van der Waals surface area contributed by atoms with E-state index in [-0.39, 0.29) is 0 Å². The lowest BCUT2D eigenvalue weighted by Crippen LogP contribution is -2.51. The van der Waals surface area contributed by atoms with Crippen LogP contribution in [-0.4, -0.2) is 31.7 Å². The van der Waals surface area contributed by atoms with E-state index in [4.69, 9.17) is 0 Å². The minimum Gasteiger partial charge on any atom is -0.267 e. The molecule has 0 aromatic heterocycles. The van der Waals surface area contributed by atoms with Crippen LogP contribution < -0.4 is 0 Å². The van der Waals surface area contributed by atoms with Gasteiger partial charge in [0.15, 0.2) is 0 Å². The van der Waals surface area contributed by atoms with Crippen LogP contribution in [0, 0.1) is 0 Å². The molecular weight excluding hydrogens is 198 g/mol. The Morgan fingerprint density at radius 3 is 1.85 bits per heavy atom. The van der Waals surface area contributed by atoms with Crippen LogP contribution in [0.25, 0.3) is 0 Å². The molecule has 3 aliphatic heterocycles. The molecule has 2 atom stereocenters. The van der Waals surface area contributed by atoms with Crippen molar-refractivity contribution in [3.8, 4) is 0 Å². The van der Waals surface area contributed by atoms with E-state index in [1.165, 1.54) is 24.3 Å². The van der Waals surface area contributed by atoms with Gasteiger partial charge < -0.3 is 0 Å². The third kappa shape index (κ3) is 0.915. The second-order valence-corrected chi connectivity index (χ2v) is 8.17. The molecule has 1 nitrogen and oxygen atoms in total. The Bertz CT molecular complexity index is 209. The summed E-state index contributed by atoms with van der Waals surface area (Å²) < 4.78 is 0. The summed E-state index contributed by atoms with van der Waals surface area (Å²) in [5, 5.41) is 0. The third-order valence-corrected chi connectivity index (χ3v) is 7.48. The standard InChI is InChI=1S/C10H17NS2/c1-8-6-12-9(2)4-5-10(3,11(8)9)13-7-8/h4-7H2,1-3H3. The molecule has 13 heavy (non-hydrogen) atoms. The van der Waals surface area contributed by atoms with Gasteiger partial charge in [-0.25, -0.2) is 0 Å². The van der Waals surface area contributed by atoms with Crippen molar-refractivity contribution in [1.82, 2.24) is 4.90 Å². The number of thioether (sulfide) groups is 2. The summed E-state index contributed by atoms with van der Waals surface area (Å²) in [7, 11) is 0. The van der Waals surface area contributed by atoms with Crippen LogP contribution >= 0.6 is 23.5 Å². The smallest absolute Gasteiger partial charge is 0.0660 e. The molecule has 0 aromatic carbocycles. The summed E-state index contributed by atoms with van der Waals surface area (Å²) in [6.45, 7) is 7.34. The highest BCUT2D eigenvalue weighted by Gasteiger charge is 2.65. The Morgan fingerprint density at radius 2 is 1.38 bits per heavy atom. The topological polar surface area (TPSA) is 3.24 Å². The maximum absolute atomic E-state index is 2.82. The van der Waals surface area contributed by atoms with Gasteiger partial charge in [0.1, 0.15) is 0 Å². The molecule has 0 radical (unpaired) electrons. The zero-order valence-corrected chi connectivity index (χ0v) is 10.2. The van der Waals surface area contributed by atoms with Crippen LogP contribution in [0.15, 0.2) is 0 Å². The normalized spacial score (nSPS) is 60.2. The van der Waals surface area contributed by atoms with E-state index in [9.17, 15) is 0 Å². The number of hydrogen-bond donors (Lipinski definition) is 0. The number of rotatable bonds is 0. The van der Waals surface area contributed by atoms with Gasteiger partial charge in [0.05, 0.1) is 9.74 Å². The van der Waals surface area contributed by atoms with Crippen LogP contribution in [-0.2, 0) is 0 Å². The van der Waals surface area contributed by atoms with Crippen molar-refractivity contribution in [2.24, 2.45) is 0 Å². The molecular formula is C10H17NS2. The summed E-state index contributed by atoms with van der Waals surface area (Å²) in [5.41, 5.74) is 0.495. The zero-order chi connectivity index (χ0) is 9.32. The maximum Gasteiger partial charge on any atom is 0.0660 e. The van der Waals surface area contributed by atoms with Crippen LogP contribution in [0.2, 0.25) is 0 Å². The highest BCUT2D eigenvalue weighted by molar-refractivity contribution is 8.02. The monoisotopic (exact) mass is 215 g/mol.